The van der Waals surface area contributed by atoms with Crippen LogP contribution in [0, 0.1) is 0 Å². The summed E-state index contributed by atoms with van der Waals surface area (Å²) in [7, 11) is 4.08. The van der Waals surface area contributed by atoms with Gasteiger partial charge in [-0.2, -0.15) is 0 Å². The van der Waals surface area contributed by atoms with Gasteiger partial charge in [-0.25, -0.2) is 4.98 Å². The number of nitrogens with one attached hydrogen (secondary N) is 1. The van der Waals surface area contributed by atoms with Crippen LogP contribution >= 0.6 is 0 Å². The summed E-state index contributed by atoms with van der Waals surface area (Å²) in [6.07, 6.45) is 3.71. The van der Waals surface area contributed by atoms with Crippen LogP contribution < -0.4 is 10.2 Å². The van der Waals surface area contributed by atoms with Crippen LogP contribution in [0.5, 0.6) is 0 Å². The van der Waals surface area contributed by atoms with E-state index >= 15 is 0 Å². The van der Waals surface area contributed by atoms with E-state index in [-0.39, 0.29) is 0 Å². The highest BCUT2D eigenvalue weighted by atomic mass is 16.3. The van der Waals surface area contributed by atoms with Gasteiger partial charge in [0.25, 0.3) is 0 Å². The van der Waals surface area contributed by atoms with Gasteiger partial charge in [0.2, 0.25) is 0 Å². The highest BCUT2D eigenvalue weighted by Gasteiger charge is 2.14. The Morgan fingerprint density at radius 2 is 1.88 bits per heavy atom. The van der Waals surface area contributed by atoms with Crippen LogP contribution in [-0.2, 0) is 6.54 Å². The molecule has 0 saturated carbocycles. The van der Waals surface area contributed by atoms with Crippen molar-refractivity contribution in [2.45, 2.75) is 6.54 Å². The second-order valence-corrected chi connectivity index (χ2v) is 6.11. The number of hydrogen-bond acceptors (Lipinski definition) is 4. The summed E-state index contributed by atoms with van der Waals surface area (Å²) in [4.78, 5) is 6.90. The Hall–Kier alpha value is -3.21. The molecule has 0 fully saturated rings. The first-order chi connectivity index (χ1) is 12.2. The number of furan rings is 1. The van der Waals surface area contributed by atoms with Crippen molar-refractivity contribution in [3.8, 4) is 11.3 Å². The SMILES string of the molecule is CN(C)c1ccc(-c2nc3ccccn3c2NCc2ccco2)cc1. The van der Waals surface area contributed by atoms with E-state index in [1.54, 1.807) is 6.26 Å². The number of anilines is 2. The first kappa shape index (κ1) is 15.3. The molecule has 0 spiro atoms. The topological polar surface area (TPSA) is 45.7 Å². The first-order valence-electron chi connectivity index (χ1n) is 8.23. The van der Waals surface area contributed by atoms with Crippen molar-refractivity contribution in [2.24, 2.45) is 0 Å². The van der Waals surface area contributed by atoms with Crippen LogP contribution in [0.4, 0.5) is 11.5 Å². The minimum absolute atomic E-state index is 0.610. The number of hydrogen-bond donors (Lipinski definition) is 1. The van der Waals surface area contributed by atoms with Crippen LogP contribution in [0.2, 0.25) is 0 Å². The van der Waals surface area contributed by atoms with E-state index in [1.807, 2.05) is 50.6 Å². The lowest BCUT2D eigenvalue weighted by molar-refractivity contribution is 0.518. The lowest BCUT2D eigenvalue weighted by atomic mass is 10.1. The lowest BCUT2D eigenvalue weighted by Gasteiger charge is -2.13. The summed E-state index contributed by atoms with van der Waals surface area (Å²) in [5.41, 5.74) is 4.09. The Labute approximate surface area is 146 Å². The van der Waals surface area contributed by atoms with E-state index in [1.165, 1.54) is 0 Å². The van der Waals surface area contributed by atoms with E-state index < -0.39 is 0 Å². The Morgan fingerprint density at radius 1 is 1.04 bits per heavy atom. The minimum Gasteiger partial charge on any atom is -0.467 e. The number of benzene rings is 1. The van der Waals surface area contributed by atoms with Crippen molar-refractivity contribution in [3.63, 3.8) is 0 Å². The molecule has 1 aromatic carbocycles. The van der Waals surface area contributed by atoms with E-state index in [2.05, 4.69) is 38.9 Å². The molecule has 0 saturated heterocycles. The van der Waals surface area contributed by atoms with Gasteiger partial charge in [0.05, 0.1) is 12.8 Å². The standard InChI is InChI=1S/C20H20N4O/c1-23(2)16-10-8-15(9-11-16)19-20(21-14-17-6-5-13-25-17)24-12-4-3-7-18(24)22-19/h3-13,21H,14H2,1-2H3. The largest absolute Gasteiger partial charge is 0.467 e. The van der Waals surface area contributed by atoms with Crippen molar-refractivity contribution < 1.29 is 4.42 Å². The van der Waals surface area contributed by atoms with Gasteiger partial charge < -0.3 is 14.6 Å². The molecule has 126 valence electrons. The highest BCUT2D eigenvalue weighted by molar-refractivity contribution is 5.77. The van der Waals surface area contributed by atoms with Crippen LogP contribution in [-0.4, -0.2) is 23.5 Å². The molecule has 1 N–H and O–H groups in total. The normalized spacial score (nSPS) is 11.0. The molecule has 5 nitrogen and oxygen atoms in total. The number of fused-ring (bicyclic) bond motifs is 1. The van der Waals surface area contributed by atoms with E-state index in [0.29, 0.717) is 6.54 Å². The molecule has 4 aromatic rings. The zero-order valence-corrected chi connectivity index (χ0v) is 14.3. The zero-order valence-electron chi connectivity index (χ0n) is 14.3. The summed E-state index contributed by atoms with van der Waals surface area (Å²) >= 11 is 0. The summed E-state index contributed by atoms with van der Waals surface area (Å²) in [5, 5.41) is 3.47. The Kier molecular flexibility index (Phi) is 3.90. The fourth-order valence-electron chi connectivity index (χ4n) is 2.87. The second-order valence-electron chi connectivity index (χ2n) is 6.11. The first-order valence-corrected chi connectivity index (χ1v) is 8.23. The monoisotopic (exact) mass is 332 g/mol. The fourth-order valence-corrected chi connectivity index (χ4v) is 2.87. The molecular formula is C20H20N4O. The zero-order chi connectivity index (χ0) is 17.2. The predicted molar refractivity (Wildman–Crippen MR) is 101 cm³/mol. The number of pyridine rings is 1. The second kappa shape index (κ2) is 6.36. The molecule has 0 aliphatic carbocycles. The molecule has 0 amide bonds. The summed E-state index contributed by atoms with van der Waals surface area (Å²) < 4.78 is 7.50. The molecular weight excluding hydrogens is 312 g/mol. The van der Waals surface area contributed by atoms with Crippen LogP contribution in [0.25, 0.3) is 16.9 Å². The van der Waals surface area contributed by atoms with Gasteiger partial charge >= 0.3 is 0 Å². The maximum Gasteiger partial charge on any atom is 0.139 e. The number of nitrogens with zero attached hydrogens (tertiary/aromatic N) is 3. The molecule has 4 rings (SSSR count). The molecule has 3 heterocycles. The van der Waals surface area contributed by atoms with Crippen molar-refractivity contribution in [1.82, 2.24) is 9.38 Å². The highest BCUT2D eigenvalue weighted by Crippen LogP contribution is 2.30. The van der Waals surface area contributed by atoms with Gasteiger partial charge in [-0.3, -0.25) is 4.40 Å². The van der Waals surface area contributed by atoms with Crippen molar-refractivity contribution in [1.29, 1.82) is 0 Å². The summed E-state index contributed by atoms with van der Waals surface area (Å²) in [5.74, 6) is 1.85. The molecule has 3 aromatic heterocycles. The maximum atomic E-state index is 5.43. The molecule has 0 aliphatic rings. The van der Waals surface area contributed by atoms with Gasteiger partial charge in [0.1, 0.15) is 22.9 Å². The summed E-state index contributed by atoms with van der Waals surface area (Å²) in [6, 6.07) is 18.3. The molecule has 0 atom stereocenters. The van der Waals surface area contributed by atoms with Crippen molar-refractivity contribution in [2.75, 3.05) is 24.3 Å². The summed E-state index contributed by atoms with van der Waals surface area (Å²) in [6.45, 7) is 0.610. The molecule has 0 radical (unpaired) electrons. The van der Waals surface area contributed by atoms with Gasteiger partial charge in [0.15, 0.2) is 0 Å². The molecule has 5 heteroatoms. The smallest absolute Gasteiger partial charge is 0.139 e. The third-order valence-electron chi connectivity index (χ3n) is 4.20. The third-order valence-corrected chi connectivity index (χ3v) is 4.20. The van der Waals surface area contributed by atoms with E-state index in [0.717, 1.165) is 34.2 Å². The average molecular weight is 332 g/mol. The van der Waals surface area contributed by atoms with Crippen LogP contribution in [0.1, 0.15) is 5.76 Å². The third kappa shape index (κ3) is 2.96. The van der Waals surface area contributed by atoms with Gasteiger partial charge in [-0.1, -0.05) is 18.2 Å². The Bertz CT molecular complexity index is 969. The van der Waals surface area contributed by atoms with E-state index in [9.17, 15) is 0 Å². The lowest BCUT2D eigenvalue weighted by Crippen LogP contribution is -2.08. The van der Waals surface area contributed by atoms with Crippen LogP contribution in [0.15, 0.2) is 71.5 Å². The molecule has 0 aliphatic heterocycles. The number of rotatable bonds is 5. The van der Waals surface area contributed by atoms with Gasteiger partial charge in [-0.15, -0.1) is 0 Å². The predicted octanol–water partition coefficient (Wildman–Crippen LogP) is 4.27. The van der Waals surface area contributed by atoms with Crippen molar-refractivity contribution >= 4 is 17.2 Å². The van der Waals surface area contributed by atoms with E-state index in [4.69, 9.17) is 9.40 Å². The maximum absolute atomic E-state index is 5.43. The van der Waals surface area contributed by atoms with Gasteiger partial charge in [0, 0.05) is 31.5 Å². The molecule has 0 unspecified atom stereocenters. The molecule has 25 heavy (non-hydrogen) atoms. The fraction of sp³-hybridized carbons (Fsp3) is 0.150. The molecule has 0 bridgehead atoms. The van der Waals surface area contributed by atoms with Crippen LogP contribution in [0.3, 0.4) is 0 Å². The number of imidazole rings is 1. The van der Waals surface area contributed by atoms with Gasteiger partial charge in [-0.05, 0) is 36.4 Å². The average Bonchev–Trinajstić information content (AvgIpc) is 3.27. The Morgan fingerprint density at radius 3 is 2.60 bits per heavy atom. The minimum atomic E-state index is 0.610. The number of aromatic nitrogens is 2. The Balaban J connectivity index is 1.75. The van der Waals surface area contributed by atoms with Crippen molar-refractivity contribution in [3.05, 3.63) is 72.8 Å². The quantitative estimate of drug-likeness (QED) is 0.593.